The number of carbonyl (C=O) groups is 4. The number of anilines is 1. The Morgan fingerprint density at radius 2 is 1.79 bits per heavy atom. The monoisotopic (exact) mass is 404 g/mol. The number of amides is 5. The number of nitrogens with one attached hydrogen (secondary N) is 2. The van der Waals surface area contributed by atoms with E-state index in [1.54, 1.807) is 0 Å². The van der Waals surface area contributed by atoms with Crippen molar-refractivity contribution in [3.05, 3.63) is 17.7 Å². The molecule has 0 aromatic heterocycles. The molecule has 0 unspecified atom stereocenters. The fourth-order valence-corrected chi connectivity index (χ4v) is 3.81. The van der Waals surface area contributed by atoms with Crippen molar-refractivity contribution in [2.45, 2.75) is 37.6 Å². The maximum absolute atomic E-state index is 12.6. The van der Waals surface area contributed by atoms with E-state index in [1.807, 2.05) is 0 Å². The van der Waals surface area contributed by atoms with E-state index in [1.165, 1.54) is 26.4 Å². The van der Waals surface area contributed by atoms with Crippen LogP contribution in [0.4, 0.5) is 10.5 Å². The molecule has 3 rings (SSSR count). The van der Waals surface area contributed by atoms with Crippen molar-refractivity contribution in [2.75, 3.05) is 26.1 Å². The van der Waals surface area contributed by atoms with Crippen LogP contribution >= 0.6 is 0 Å². The number of primary amides is 1. The summed E-state index contributed by atoms with van der Waals surface area (Å²) in [6.45, 7) is -0.0581. The van der Waals surface area contributed by atoms with Crippen molar-refractivity contribution in [3.63, 3.8) is 0 Å². The highest BCUT2D eigenvalue weighted by Gasteiger charge is 2.52. The van der Waals surface area contributed by atoms with Gasteiger partial charge in [0.15, 0.2) is 11.5 Å². The zero-order valence-electron chi connectivity index (χ0n) is 16.4. The highest BCUT2D eigenvalue weighted by atomic mass is 16.5. The number of methoxy groups -OCH3 is 2. The summed E-state index contributed by atoms with van der Waals surface area (Å²) >= 11 is 0. The Balaban J connectivity index is 1.69. The molecule has 4 N–H and O–H groups in total. The summed E-state index contributed by atoms with van der Waals surface area (Å²) in [6, 6.07) is 2.32. The quantitative estimate of drug-likeness (QED) is 0.579. The summed E-state index contributed by atoms with van der Waals surface area (Å²) in [5.41, 5.74) is 4.79. The number of imide groups is 1. The van der Waals surface area contributed by atoms with Crippen molar-refractivity contribution in [1.82, 2.24) is 10.2 Å². The fourth-order valence-electron chi connectivity index (χ4n) is 3.81. The third-order valence-corrected chi connectivity index (χ3v) is 5.33. The number of benzene rings is 1. The average Bonchev–Trinajstić information content (AvgIpc) is 3.25. The van der Waals surface area contributed by atoms with E-state index >= 15 is 0 Å². The first kappa shape index (κ1) is 20.4. The van der Waals surface area contributed by atoms with Gasteiger partial charge in [0.05, 0.1) is 25.5 Å². The maximum Gasteiger partial charge on any atom is 0.325 e. The van der Waals surface area contributed by atoms with E-state index in [0.717, 1.165) is 17.7 Å². The Morgan fingerprint density at radius 1 is 1.17 bits per heavy atom. The molecule has 29 heavy (non-hydrogen) atoms. The van der Waals surface area contributed by atoms with Crippen molar-refractivity contribution in [1.29, 1.82) is 0 Å². The minimum atomic E-state index is -0.809. The molecule has 1 saturated carbocycles. The second kappa shape index (κ2) is 7.98. The van der Waals surface area contributed by atoms with Crippen LogP contribution in [0.1, 0.15) is 42.5 Å². The van der Waals surface area contributed by atoms with Gasteiger partial charge in [-0.05, 0) is 18.9 Å². The minimum absolute atomic E-state index is 0.0518. The van der Waals surface area contributed by atoms with Gasteiger partial charge in [-0.1, -0.05) is 12.8 Å². The number of nitrogens with zero attached hydrogens (tertiary/aromatic N) is 1. The first-order chi connectivity index (χ1) is 13.8. The summed E-state index contributed by atoms with van der Waals surface area (Å²) in [6.07, 6.45) is 2.88. The summed E-state index contributed by atoms with van der Waals surface area (Å²) < 4.78 is 10.3. The molecule has 10 heteroatoms. The molecule has 1 aliphatic heterocycles. The van der Waals surface area contributed by atoms with E-state index in [2.05, 4.69) is 10.6 Å². The highest BCUT2D eigenvalue weighted by Crippen LogP contribution is 2.35. The molecule has 1 saturated heterocycles. The smallest absolute Gasteiger partial charge is 0.325 e. The van der Waals surface area contributed by atoms with E-state index in [4.69, 9.17) is 15.2 Å². The Bertz CT molecular complexity index is 863. The molecule has 0 atom stereocenters. The predicted molar refractivity (Wildman–Crippen MR) is 103 cm³/mol. The zero-order valence-corrected chi connectivity index (χ0v) is 16.4. The fraction of sp³-hybridized carbons (Fsp3) is 0.474. The Hall–Kier alpha value is -3.30. The van der Waals surface area contributed by atoms with Gasteiger partial charge in [0.1, 0.15) is 5.54 Å². The topological polar surface area (TPSA) is 140 Å². The zero-order chi connectivity index (χ0) is 21.2. The maximum atomic E-state index is 12.6. The van der Waals surface area contributed by atoms with E-state index in [9.17, 15) is 19.2 Å². The molecule has 2 aliphatic rings. The molecule has 5 amide bonds. The van der Waals surface area contributed by atoms with E-state index < -0.39 is 23.4 Å². The first-order valence-electron chi connectivity index (χ1n) is 9.31. The van der Waals surface area contributed by atoms with Crippen molar-refractivity contribution >= 4 is 29.4 Å². The highest BCUT2D eigenvalue weighted by molar-refractivity contribution is 6.08. The van der Waals surface area contributed by atoms with Crippen molar-refractivity contribution in [2.24, 2.45) is 5.73 Å². The standard InChI is InChI=1S/C19H24N4O6/c1-28-13-9-11(16(20)25)12(10-14(13)29-2)21-15(24)5-8-23-17(26)19(22-18(23)27)6-3-4-7-19/h9-10H,3-8H2,1-2H3,(H2,20,25)(H,21,24)(H,22,27). The third kappa shape index (κ3) is 3.82. The number of carbonyl (C=O) groups excluding carboxylic acids is 4. The van der Waals surface area contributed by atoms with Crippen LogP contribution in [0.5, 0.6) is 11.5 Å². The van der Waals surface area contributed by atoms with Crippen molar-refractivity contribution < 1.29 is 28.7 Å². The van der Waals surface area contributed by atoms with Gasteiger partial charge in [0.25, 0.3) is 11.8 Å². The summed E-state index contributed by atoms with van der Waals surface area (Å²) in [5, 5.41) is 5.36. The first-order valence-corrected chi connectivity index (χ1v) is 9.31. The Labute approximate surface area is 167 Å². The Kier molecular flexibility index (Phi) is 5.62. The van der Waals surface area contributed by atoms with Crippen LogP contribution in [0.3, 0.4) is 0 Å². The molecule has 156 valence electrons. The second-order valence-electron chi connectivity index (χ2n) is 7.09. The largest absolute Gasteiger partial charge is 0.493 e. The lowest BCUT2D eigenvalue weighted by atomic mass is 9.98. The second-order valence-corrected chi connectivity index (χ2v) is 7.09. The van der Waals surface area contributed by atoms with Gasteiger partial charge < -0.3 is 25.8 Å². The lowest BCUT2D eigenvalue weighted by Gasteiger charge is -2.20. The Morgan fingerprint density at radius 3 is 2.38 bits per heavy atom. The number of hydrogen-bond donors (Lipinski definition) is 3. The lowest BCUT2D eigenvalue weighted by molar-refractivity contribution is -0.131. The van der Waals surface area contributed by atoms with Gasteiger partial charge in [-0.15, -0.1) is 0 Å². The molecule has 1 aromatic rings. The van der Waals surface area contributed by atoms with Crippen LogP contribution < -0.4 is 25.8 Å². The van der Waals surface area contributed by atoms with Gasteiger partial charge in [-0.25, -0.2) is 4.79 Å². The minimum Gasteiger partial charge on any atom is -0.493 e. The van der Waals surface area contributed by atoms with Crippen LogP contribution in [-0.4, -0.2) is 55.0 Å². The molecule has 10 nitrogen and oxygen atoms in total. The van der Waals surface area contributed by atoms with Crippen LogP contribution in [0.15, 0.2) is 12.1 Å². The summed E-state index contributed by atoms with van der Waals surface area (Å²) in [5.74, 6) is -0.909. The van der Waals surface area contributed by atoms with Crippen LogP contribution in [0.25, 0.3) is 0 Å². The molecule has 0 bridgehead atoms. The van der Waals surface area contributed by atoms with Gasteiger partial charge in [0, 0.05) is 19.0 Å². The molecule has 1 aliphatic carbocycles. The van der Waals surface area contributed by atoms with Crippen LogP contribution in [0, 0.1) is 0 Å². The normalized spacial score (nSPS) is 17.4. The summed E-state index contributed by atoms with van der Waals surface area (Å²) in [7, 11) is 2.83. The number of nitrogens with two attached hydrogens (primary N) is 1. The van der Waals surface area contributed by atoms with E-state index in [-0.39, 0.29) is 30.1 Å². The molecular formula is C19H24N4O6. The number of rotatable bonds is 7. The van der Waals surface area contributed by atoms with Gasteiger partial charge in [-0.2, -0.15) is 0 Å². The number of ether oxygens (including phenoxy) is 2. The van der Waals surface area contributed by atoms with Gasteiger partial charge in [0.2, 0.25) is 5.91 Å². The molecule has 1 spiro atoms. The molecule has 1 aromatic carbocycles. The lowest BCUT2D eigenvalue weighted by Crippen LogP contribution is -2.44. The van der Waals surface area contributed by atoms with Gasteiger partial charge in [-0.3, -0.25) is 19.3 Å². The molecule has 2 fully saturated rings. The molecule has 0 radical (unpaired) electrons. The average molecular weight is 404 g/mol. The van der Waals surface area contributed by atoms with Gasteiger partial charge >= 0.3 is 6.03 Å². The number of hydrogen-bond acceptors (Lipinski definition) is 6. The van der Waals surface area contributed by atoms with Crippen LogP contribution in [-0.2, 0) is 9.59 Å². The molecular weight excluding hydrogens is 380 g/mol. The number of urea groups is 1. The molecule has 1 heterocycles. The summed E-state index contributed by atoms with van der Waals surface area (Å²) in [4.78, 5) is 50.0. The van der Waals surface area contributed by atoms with E-state index in [0.29, 0.717) is 24.3 Å². The predicted octanol–water partition coefficient (Wildman–Crippen LogP) is 0.996. The van der Waals surface area contributed by atoms with Crippen LogP contribution in [0.2, 0.25) is 0 Å². The third-order valence-electron chi connectivity index (χ3n) is 5.33. The SMILES string of the molecule is COc1cc(NC(=O)CCN2C(=O)NC3(CCCC3)C2=O)c(C(N)=O)cc1OC. The van der Waals surface area contributed by atoms with Crippen molar-refractivity contribution in [3.8, 4) is 11.5 Å².